The molecule has 0 radical (unpaired) electrons. The van der Waals surface area contributed by atoms with Crippen molar-refractivity contribution in [1.29, 1.82) is 0 Å². The van der Waals surface area contributed by atoms with Crippen LogP contribution in [0.2, 0.25) is 0 Å². The van der Waals surface area contributed by atoms with E-state index in [2.05, 4.69) is 4.98 Å². The molecule has 6 nitrogen and oxygen atoms in total. The van der Waals surface area contributed by atoms with E-state index < -0.39 is 9.84 Å². The second-order valence-corrected chi connectivity index (χ2v) is 10.9. The summed E-state index contributed by atoms with van der Waals surface area (Å²) in [6, 6.07) is 18.8. The summed E-state index contributed by atoms with van der Waals surface area (Å²) in [6.45, 7) is -0.0920. The lowest BCUT2D eigenvalue weighted by molar-refractivity contribution is 0.0960. The van der Waals surface area contributed by atoms with Gasteiger partial charge in [-0.25, -0.2) is 13.4 Å². The molecule has 1 atom stereocenters. The van der Waals surface area contributed by atoms with Crippen molar-refractivity contribution in [2.75, 3.05) is 23.8 Å². The molecule has 0 saturated carbocycles. The van der Waals surface area contributed by atoms with Crippen LogP contribution in [0.4, 0.5) is 5.82 Å². The summed E-state index contributed by atoms with van der Waals surface area (Å²) in [5.41, 5.74) is 10.3. The number of nitrogen functional groups attached to an aromatic ring is 1. The molecular weight excluding hydrogens is 436 g/mol. The van der Waals surface area contributed by atoms with Crippen molar-refractivity contribution >= 4 is 21.4 Å². The Balaban J connectivity index is 1.50. The van der Waals surface area contributed by atoms with Gasteiger partial charge in [-0.15, -0.1) is 0 Å². The summed E-state index contributed by atoms with van der Waals surface area (Å²) < 4.78 is 23.5. The predicted molar refractivity (Wildman–Crippen MR) is 130 cm³/mol. The molecule has 33 heavy (non-hydrogen) atoms. The fraction of sp³-hybridized carbons (Fsp3) is 0.308. The first-order valence-electron chi connectivity index (χ1n) is 11.1. The number of aromatic nitrogens is 1. The highest BCUT2D eigenvalue weighted by Crippen LogP contribution is 2.33. The minimum Gasteiger partial charge on any atom is -0.396 e. The van der Waals surface area contributed by atoms with Crippen molar-refractivity contribution in [2.24, 2.45) is 0 Å². The molecule has 1 aliphatic heterocycles. The van der Waals surface area contributed by atoms with Crippen LogP contribution < -0.4 is 5.73 Å². The molecule has 1 aliphatic rings. The van der Waals surface area contributed by atoms with Crippen LogP contribution in [0, 0.1) is 0 Å². The second kappa shape index (κ2) is 9.85. The Kier molecular flexibility index (Phi) is 6.91. The van der Waals surface area contributed by atoms with Crippen molar-refractivity contribution in [3.8, 4) is 11.1 Å². The van der Waals surface area contributed by atoms with Crippen LogP contribution in [-0.4, -0.2) is 42.4 Å². The van der Waals surface area contributed by atoms with Crippen molar-refractivity contribution < 1.29 is 18.3 Å². The number of aliphatic hydroxyl groups excluding tert-OH is 1. The zero-order valence-corrected chi connectivity index (χ0v) is 19.2. The monoisotopic (exact) mass is 464 g/mol. The summed E-state index contributed by atoms with van der Waals surface area (Å²) in [4.78, 5) is 17.2. The Morgan fingerprint density at radius 1 is 1.06 bits per heavy atom. The van der Waals surface area contributed by atoms with E-state index in [4.69, 9.17) is 5.73 Å². The third-order valence-corrected chi connectivity index (χ3v) is 8.12. The first kappa shape index (κ1) is 23.1. The average molecular weight is 465 g/mol. The van der Waals surface area contributed by atoms with Crippen LogP contribution in [0.25, 0.3) is 11.1 Å². The molecule has 2 aromatic carbocycles. The highest BCUT2D eigenvalue weighted by molar-refractivity contribution is 7.91. The van der Waals surface area contributed by atoms with E-state index in [0.717, 1.165) is 22.3 Å². The Morgan fingerprint density at radius 2 is 1.73 bits per heavy atom. The summed E-state index contributed by atoms with van der Waals surface area (Å²) in [5, 5.41) is 9.75. The zero-order chi connectivity index (χ0) is 23.4. The van der Waals surface area contributed by atoms with Gasteiger partial charge in [0.2, 0.25) is 0 Å². The molecular formula is C26H28N2O4S. The summed E-state index contributed by atoms with van der Waals surface area (Å²) in [7, 11) is -2.93. The predicted octanol–water partition coefficient (Wildman–Crippen LogP) is 3.97. The van der Waals surface area contributed by atoms with Gasteiger partial charge >= 0.3 is 0 Å². The smallest absolute Gasteiger partial charge is 0.163 e. The van der Waals surface area contributed by atoms with Crippen LogP contribution in [0.3, 0.4) is 0 Å². The molecule has 1 saturated heterocycles. The molecule has 2 heterocycles. The molecule has 0 unspecified atom stereocenters. The first-order valence-corrected chi connectivity index (χ1v) is 12.9. The van der Waals surface area contributed by atoms with Crippen molar-refractivity contribution in [2.45, 2.75) is 31.1 Å². The molecule has 0 bridgehead atoms. The second-order valence-electron chi connectivity index (χ2n) is 8.62. The lowest BCUT2D eigenvalue weighted by Gasteiger charge is -2.22. The van der Waals surface area contributed by atoms with Crippen molar-refractivity contribution in [1.82, 2.24) is 4.98 Å². The normalized spacial score (nSPS) is 16.9. The number of Topliss-reactive ketones (excluding diaryl/α,β-unsaturated/α-hetero) is 1. The molecule has 3 N–H and O–H groups in total. The van der Waals surface area contributed by atoms with Gasteiger partial charge in [-0.2, -0.15) is 0 Å². The molecule has 0 aliphatic carbocycles. The molecule has 172 valence electrons. The van der Waals surface area contributed by atoms with E-state index in [1.165, 1.54) is 0 Å². The molecule has 1 aromatic heterocycles. The van der Waals surface area contributed by atoms with Gasteiger partial charge in [0, 0.05) is 29.7 Å². The van der Waals surface area contributed by atoms with Crippen LogP contribution in [0.1, 0.15) is 52.6 Å². The number of anilines is 1. The number of benzene rings is 2. The first-order chi connectivity index (χ1) is 15.9. The third kappa shape index (κ3) is 5.49. The largest absolute Gasteiger partial charge is 0.396 e. The number of hydrogen-bond acceptors (Lipinski definition) is 6. The number of sulfone groups is 1. The number of pyridine rings is 1. The topological polar surface area (TPSA) is 110 Å². The van der Waals surface area contributed by atoms with E-state index >= 15 is 0 Å². The maximum atomic E-state index is 12.8. The summed E-state index contributed by atoms with van der Waals surface area (Å²) in [5.74, 6) is 0.667. The zero-order valence-electron chi connectivity index (χ0n) is 18.4. The van der Waals surface area contributed by atoms with Crippen LogP contribution in [-0.2, 0) is 9.84 Å². The third-order valence-electron chi connectivity index (χ3n) is 6.41. The summed E-state index contributed by atoms with van der Waals surface area (Å²) in [6.07, 6.45) is 3.14. The van der Waals surface area contributed by atoms with Gasteiger partial charge in [0.05, 0.1) is 18.1 Å². The van der Waals surface area contributed by atoms with E-state index in [0.29, 0.717) is 24.2 Å². The number of rotatable bonds is 7. The van der Waals surface area contributed by atoms with Gasteiger partial charge in [0.15, 0.2) is 5.78 Å². The van der Waals surface area contributed by atoms with Crippen LogP contribution in [0.15, 0.2) is 66.9 Å². The molecule has 0 amide bonds. The van der Waals surface area contributed by atoms with Gasteiger partial charge in [0.25, 0.3) is 0 Å². The molecule has 7 heteroatoms. The van der Waals surface area contributed by atoms with Gasteiger partial charge in [-0.1, -0.05) is 54.6 Å². The van der Waals surface area contributed by atoms with E-state index in [9.17, 15) is 18.3 Å². The number of carbonyl (C=O) groups excluding carboxylic acids is 1. The van der Waals surface area contributed by atoms with Gasteiger partial charge in [-0.05, 0) is 41.5 Å². The molecule has 0 spiro atoms. The fourth-order valence-electron chi connectivity index (χ4n) is 4.36. The maximum Gasteiger partial charge on any atom is 0.163 e. The van der Waals surface area contributed by atoms with Crippen molar-refractivity contribution in [3.05, 3.63) is 83.6 Å². The van der Waals surface area contributed by atoms with Gasteiger partial charge < -0.3 is 10.8 Å². The quantitative estimate of drug-likeness (QED) is 0.512. The number of aliphatic hydroxyl groups is 1. The maximum absolute atomic E-state index is 12.8. The number of hydrogen-bond donors (Lipinski definition) is 2. The number of nitrogens with two attached hydrogens (primary N) is 1. The standard InChI is InChI=1S/C26H28N2O4S/c27-26-24(14-22(16-28-26)19-10-12-33(31,32)13-11-19)20-6-8-21(9-7-20)25(30)15-23(17-29)18-4-2-1-3-5-18/h1-9,14,16,19,23,29H,10-13,15,17H2,(H2,27,28)/t23-/m1/s1. The fourth-order valence-corrected chi connectivity index (χ4v) is 5.85. The highest BCUT2D eigenvalue weighted by atomic mass is 32.2. The van der Waals surface area contributed by atoms with E-state index in [1.807, 2.05) is 48.5 Å². The molecule has 1 fully saturated rings. The molecule has 4 rings (SSSR count). The minimum absolute atomic E-state index is 0.0345. The number of nitrogens with zero attached hydrogens (tertiary/aromatic N) is 1. The van der Waals surface area contributed by atoms with Gasteiger partial charge in [-0.3, -0.25) is 4.79 Å². The average Bonchev–Trinajstić information content (AvgIpc) is 2.83. The Bertz CT molecular complexity index is 1210. The van der Waals surface area contributed by atoms with Crippen LogP contribution in [0.5, 0.6) is 0 Å². The number of ketones is 1. The molecule has 3 aromatic rings. The highest BCUT2D eigenvalue weighted by Gasteiger charge is 2.25. The lowest BCUT2D eigenvalue weighted by Crippen LogP contribution is -2.22. The van der Waals surface area contributed by atoms with Gasteiger partial charge in [0.1, 0.15) is 15.7 Å². The van der Waals surface area contributed by atoms with E-state index in [-0.39, 0.29) is 42.2 Å². The van der Waals surface area contributed by atoms with Crippen LogP contribution >= 0.6 is 0 Å². The minimum atomic E-state index is -2.93. The summed E-state index contributed by atoms with van der Waals surface area (Å²) >= 11 is 0. The Labute approximate surface area is 194 Å². The SMILES string of the molecule is Nc1ncc(C2CCS(=O)(=O)CC2)cc1-c1ccc(C(=O)C[C@H](CO)c2ccccc2)cc1. The Hall–Kier alpha value is -3.03. The lowest BCUT2D eigenvalue weighted by atomic mass is 9.91. The number of carbonyl (C=O) groups is 1. The van der Waals surface area contributed by atoms with Crippen molar-refractivity contribution in [3.63, 3.8) is 0 Å². The Morgan fingerprint density at radius 3 is 2.36 bits per heavy atom. The van der Waals surface area contributed by atoms with E-state index in [1.54, 1.807) is 18.3 Å².